The number of rotatable bonds is 5. The molecule has 3 aromatic rings. The van der Waals surface area contributed by atoms with Crippen molar-refractivity contribution in [1.82, 2.24) is 4.98 Å². The van der Waals surface area contributed by atoms with E-state index in [-0.39, 0.29) is 33.0 Å². The highest BCUT2D eigenvalue weighted by Gasteiger charge is 2.48. The van der Waals surface area contributed by atoms with Gasteiger partial charge in [-0.3, -0.25) is 14.5 Å². The molecule has 5 rings (SSSR count). The molecule has 200 valence electrons. The number of carbonyl (C=O) groups is 4. The number of hydrogen-bond donors (Lipinski definition) is 1. The van der Waals surface area contributed by atoms with Gasteiger partial charge in [0.1, 0.15) is 22.5 Å². The van der Waals surface area contributed by atoms with Crippen molar-refractivity contribution in [2.45, 2.75) is 32.4 Å². The number of aryl methyl sites for hydroxylation is 1. The molecule has 0 radical (unpaired) electrons. The van der Waals surface area contributed by atoms with Gasteiger partial charge in [0, 0.05) is 12.0 Å². The van der Waals surface area contributed by atoms with Gasteiger partial charge in [0.25, 0.3) is 5.78 Å². The Balaban J connectivity index is 1.68. The molecule has 1 saturated heterocycles. The Morgan fingerprint density at radius 2 is 1.72 bits per heavy atom. The number of benzene rings is 2. The largest absolute Gasteiger partial charge is 0.507 e. The van der Waals surface area contributed by atoms with Crippen molar-refractivity contribution < 1.29 is 38.5 Å². The summed E-state index contributed by atoms with van der Waals surface area (Å²) < 4.78 is 15.3. The predicted molar refractivity (Wildman–Crippen MR) is 141 cm³/mol. The number of aliphatic hydroxyl groups excluding tert-OH is 1. The Labute approximate surface area is 227 Å². The number of ketones is 1. The maximum Gasteiger partial charge on any atom is 0.350 e. The Bertz CT molecular complexity index is 1560. The van der Waals surface area contributed by atoms with E-state index in [2.05, 4.69) is 4.98 Å². The third kappa shape index (κ3) is 4.44. The highest BCUT2D eigenvalue weighted by Crippen LogP contribution is 2.44. The maximum atomic E-state index is 13.5. The van der Waals surface area contributed by atoms with E-state index in [1.165, 1.54) is 26.4 Å². The van der Waals surface area contributed by atoms with E-state index in [0.717, 1.165) is 21.8 Å². The van der Waals surface area contributed by atoms with E-state index in [4.69, 9.17) is 14.2 Å². The van der Waals surface area contributed by atoms with Gasteiger partial charge in [0.05, 0.1) is 37.1 Å². The van der Waals surface area contributed by atoms with Crippen molar-refractivity contribution >= 4 is 45.9 Å². The van der Waals surface area contributed by atoms with Crippen LogP contribution in [-0.4, -0.2) is 54.0 Å². The zero-order valence-electron chi connectivity index (χ0n) is 21.5. The summed E-state index contributed by atoms with van der Waals surface area (Å²) in [6.07, 6.45) is 0.617. The number of aliphatic hydroxyl groups is 1. The molecule has 2 aliphatic heterocycles. The van der Waals surface area contributed by atoms with Crippen molar-refractivity contribution in [3.8, 4) is 5.75 Å². The summed E-state index contributed by atoms with van der Waals surface area (Å²) >= 11 is 0.904. The first-order chi connectivity index (χ1) is 18.6. The molecule has 2 aromatic carbocycles. The van der Waals surface area contributed by atoms with Crippen LogP contribution < -0.4 is 9.64 Å². The minimum atomic E-state index is -1.09. The first kappa shape index (κ1) is 26.1. The summed E-state index contributed by atoms with van der Waals surface area (Å²) in [7, 11) is 2.50. The summed E-state index contributed by atoms with van der Waals surface area (Å²) in [6.45, 7) is 3.53. The Morgan fingerprint density at radius 3 is 2.38 bits per heavy atom. The van der Waals surface area contributed by atoms with Crippen molar-refractivity contribution in [1.29, 1.82) is 0 Å². The lowest BCUT2D eigenvalue weighted by molar-refractivity contribution is -0.132. The lowest BCUT2D eigenvalue weighted by Crippen LogP contribution is -2.29. The van der Waals surface area contributed by atoms with Crippen LogP contribution in [0.1, 0.15) is 55.4 Å². The van der Waals surface area contributed by atoms with Crippen LogP contribution in [0.4, 0.5) is 5.13 Å². The SMILES string of the molecule is COC(=O)c1ccc([C@@H]2C(=C(O)c3ccc4c(c3)C[C@@H](C)O4)C(=O)C(=O)N2c2nc(C)c(C(=O)OC)s2)cc1. The third-order valence-corrected chi connectivity index (χ3v) is 7.76. The lowest BCUT2D eigenvalue weighted by Gasteiger charge is -2.23. The van der Waals surface area contributed by atoms with Gasteiger partial charge in [-0.2, -0.15) is 0 Å². The third-order valence-electron chi connectivity index (χ3n) is 6.62. The fraction of sp³-hybridized carbons (Fsp3) is 0.250. The van der Waals surface area contributed by atoms with Crippen molar-refractivity contribution in [2.75, 3.05) is 19.1 Å². The van der Waals surface area contributed by atoms with Gasteiger partial charge in [-0.15, -0.1) is 0 Å². The van der Waals surface area contributed by atoms with E-state index in [0.29, 0.717) is 29.0 Å². The molecule has 0 saturated carbocycles. The second-order valence-corrected chi connectivity index (χ2v) is 10.1. The average molecular weight is 549 g/mol. The van der Waals surface area contributed by atoms with Crippen molar-refractivity contribution in [3.63, 3.8) is 0 Å². The fourth-order valence-electron chi connectivity index (χ4n) is 4.76. The first-order valence-electron chi connectivity index (χ1n) is 12.0. The van der Waals surface area contributed by atoms with Crippen LogP contribution in [0.15, 0.2) is 48.0 Å². The molecule has 2 aliphatic rings. The molecule has 1 fully saturated rings. The van der Waals surface area contributed by atoms with E-state index in [1.807, 2.05) is 6.92 Å². The summed E-state index contributed by atoms with van der Waals surface area (Å²) in [5.74, 6) is -2.66. The van der Waals surface area contributed by atoms with Crippen LogP contribution in [0, 0.1) is 6.92 Å². The average Bonchev–Trinajstić information content (AvgIpc) is 3.59. The molecular formula is C28H24N2O8S. The minimum absolute atomic E-state index is 0.0200. The molecule has 1 aromatic heterocycles. The molecular weight excluding hydrogens is 524 g/mol. The highest BCUT2D eigenvalue weighted by atomic mass is 32.1. The summed E-state index contributed by atoms with van der Waals surface area (Å²) in [4.78, 5) is 56.8. The van der Waals surface area contributed by atoms with Gasteiger partial charge in [0.2, 0.25) is 0 Å². The zero-order chi connectivity index (χ0) is 28.0. The van der Waals surface area contributed by atoms with Gasteiger partial charge in [-0.1, -0.05) is 23.5 Å². The summed E-state index contributed by atoms with van der Waals surface area (Å²) in [6, 6.07) is 10.1. The molecule has 0 spiro atoms. The second kappa shape index (κ2) is 9.99. The van der Waals surface area contributed by atoms with Gasteiger partial charge in [-0.25, -0.2) is 14.6 Å². The van der Waals surface area contributed by atoms with Crippen molar-refractivity contribution in [2.24, 2.45) is 0 Å². The molecule has 0 bridgehead atoms. The molecule has 1 N–H and O–H groups in total. The molecule has 10 nitrogen and oxygen atoms in total. The molecule has 1 amide bonds. The van der Waals surface area contributed by atoms with E-state index in [1.54, 1.807) is 37.3 Å². The van der Waals surface area contributed by atoms with Crippen molar-refractivity contribution in [3.05, 3.63) is 80.9 Å². The fourth-order valence-corrected chi connectivity index (χ4v) is 5.77. The van der Waals surface area contributed by atoms with E-state index < -0.39 is 29.7 Å². The van der Waals surface area contributed by atoms with Crippen LogP contribution in [0.5, 0.6) is 5.75 Å². The standard InChI is InChI=1S/C28H24N2O8S/c1-13-11-18-12-17(9-10-19(18)38-13)22(31)20-21(15-5-7-16(8-6-15)26(34)36-3)30(25(33)23(20)32)28-29-14(2)24(39-28)27(35)37-4/h5-10,12-13,21,31H,11H2,1-4H3/t13-,21-/m1/s1. The Kier molecular flexibility index (Phi) is 6.69. The number of anilines is 1. The summed E-state index contributed by atoms with van der Waals surface area (Å²) in [5.41, 5.74) is 2.11. The number of amides is 1. The van der Waals surface area contributed by atoms with Crippen LogP contribution in [-0.2, 0) is 25.5 Å². The van der Waals surface area contributed by atoms with E-state index >= 15 is 0 Å². The van der Waals surface area contributed by atoms with Crippen LogP contribution in [0.25, 0.3) is 5.76 Å². The zero-order valence-corrected chi connectivity index (χ0v) is 22.3. The van der Waals surface area contributed by atoms with Gasteiger partial charge in [-0.05, 0) is 55.3 Å². The molecule has 0 aliphatic carbocycles. The van der Waals surface area contributed by atoms with Gasteiger partial charge >= 0.3 is 17.8 Å². The monoisotopic (exact) mass is 548 g/mol. The van der Waals surface area contributed by atoms with Gasteiger partial charge in [0.15, 0.2) is 5.13 Å². The number of fused-ring (bicyclic) bond motifs is 1. The number of nitrogens with zero attached hydrogens (tertiary/aromatic N) is 2. The normalized spacial score (nSPS) is 19.5. The second-order valence-electron chi connectivity index (χ2n) is 9.14. The number of thiazole rings is 1. The smallest absolute Gasteiger partial charge is 0.350 e. The maximum absolute atomic E-state index is 13.5. The molecule has 2 atom stereocenters. The van der Waals surface area contributed by atoms with Crippen LogP contribution >= 0.6 is 11.3 Å². The summed E-state index contributed by atoms with van der Waals surface area (Å²) in [5, 5.41) is 11.5. The van der Waals surface area contributed by atoms with Crippen LogP contribution in [0.2, 0.25) is 0 Å². The quantitative estimate of drug-likeness (QED) is 0.218. The number of esters is 2. The minimum Gasteiger partial charge on any atom is -0.507 e. The predicted octanol–water partition coefficient (Wildman–Crippen LogP) is 3.97. The van der Waals surface area contributed by atoms with Gasteiger partial charge < -0.3 is 19.3 Å². The number of carbonyl (C=O) groups excluding carboxylic acids is 4. The molecule has 3 heterocycles. The number of ether oxygens (including phenoxy) is 3. The van der Waals surface area contributed by atoms with Crippen LogP contribution in [0.3, 0.4) is 0 Å². The number of methoxy groups -OCH3 is 2. The molecule has 11 heteroatoms. The number of Topliss-reactive ketones (excluding diaryl/α,β-unsaturated/α-hetero) is 1. The lowest BCUT2D eigenvalue weighted by atomic mass is 9.94. The highest BCUT2D eigenvalue weighted by molar-refractivity contribution is 7.17. The number of aromatic nitrogens is 1. The Hall–Kier alpha value is -4.51. The topological polar surface area (TPSA) is 132 Å². The molecule has 0 unspecified atom stereocenters. The first-order valence-corrected chi connectivity index (χ1v) is 12.8. The molecule has 39 heavy (non-hydrogen) atoms. The number of hydrogen-bond acceptors (Lipinski definition) is 10. The Morgan fingerprint density at radius 1 is 1.05 bits per heavy atom. The van der Waals surface area contributed by atoms with E-state index in [9.17, 15) is 24.3 Å².